The maximum absolute atomic E-state index is 12.3. The SMILES string of the molecule is COCCC(=O)N1CCC2(CC1)C[C@H](c1ccccc1)CN(C1CC1)C2. The van der Waals surface area contributed by atoms with E-state index in [0.29, 0.717) is 24.4 Å². The molecule has 0 aromatic heterocycles. The summed E-state index contributed by atoms with van der Waals surface area (Å²) in [6, 6.07) is 11.9. The fraction of sp³-hybridized carbons (Fsp3) is 0.682. The number of rotatable bonds is 5. The largest absolute Gasteiger partial charge is 0.384 e. The first-order valence-electron chi connectivity index (χ1n) is 10.2. The summed E-state index contributed by atoms with van der Waals surface area (Å²) in [6.45, 7) is 4.82. The molecule has 0 N–H and O–H groups in total. The molecule has 3 aliphatic rings. The first-order valence-corrected chi connectivity index (χ1v) is 10.2. The lowest BCUT2D eigenvalue weighted by Gasteiger charge is -2.50. The van der Waals surface area contributed by atoms with Crippen LogP contribution in [0.15, 0.2) is 30.3 Å². The number of nitrogens with zero attached hydrogens (tertiary/aromatic N) is 2. The van der Waals surface area contributed by atoms with E-state index >= 15 is 0 Å². The predicted molar refractivity (Wildman–Crippen MR) is 103 cm³/mol. The molecular weight excluding hydrogens is 324 g/mol. The summed E-state index contributed by atoms with van der Waals surface area (Å²) < 4.78 is 5.07. The normalized spacial score (nSPS) is 26.2. The molecule has 1 atom stereocenters. The fourth-order valence-corrected chi connectivity index (χ4v) is 5.04. The number of amides is 1. The van der Waals surface area contributed by atoms with Crippen LogP contribution in [-0.4, -0.2) is 61.6 Å². The van der Waals surface area contributed by atoms with Gasteiger partial charge in [-0.05, 0) is 49.0 Å². The van der Waals surface area contributed by atoms with Crippen LogP contribution in [-0.2, 0) is 9.53 Å². The third-order valence-corrected chi connectivity index (χ3v) is 6.70. The molecule has 2 heterocycles. The van der Waals surface area contributed by atoms with Crippen LogP contribution in [0, 0.1) is 5.41 Å². The van der Waals surface area contributed by atoms with Gasteiger partial charge in [-0.1, -0.05) is 30.3 Å². The van der Waals surface area contributed by atoms with Gasteiger partial charge in [-0.15, -0.1) is 0 Å². The smallest absolute Gasteiger partial charge is 0.224 e. The lowest BCUT2D eigenvalue weighted by Crippen LogP contribution is -2.53. The van der Waals surface area contributed by atoms with Crippen molar-refractivity contribution in [2.45, 2.75) is 50.5 Å². The van der Waals surface area contributed by atoms with Crippen molar-refractivity contribution in [1.82, 2.24) is 9.80 Å². The van der Waals surface area contributed by atoms with Gasteiger partial charge < -0.3 is 9.64 Å². The van der Waals surface area contributed by atoms with Gasteiger partial charge in [-0.3, -0.25) is 9.69 Å². The van der Waals surface area contributed by atoms with Crippen molar-refractivity contribution in [1.29, 1.82) is 0 Å². The second kappa shape index (κ2) is 7.69. The highest BCUT2D eigenvalue weighted by atomic mass is 16.5. The van der Waals surface area contributed by atoms with Gasteiger partial charge in [0, 0.05) is 39.3 Å². The highest BCUT2D eigenvalue weighted by molar-refractivity contribution is 5.76. The van der Waals surface area contributed by atoms with Crippen LogP contribution in [0.4, 0.5) is 0 Å². The maximum atomic E-state index is 12.3. The zero-order valence-corrected chi connectivity index (χ0v) is 16.0. The minimum absolute atomic E-state index is 0.260. The van der Waals surface area contributed by atoms with E-state index in [1.54, 1.807) is 7.11 Å². The standard InChI is InChI=1S/C22H32N2O2/c1-26-14-9-21(25)23-12-10-22(11-13-23)15-19(18-5-3-2-4-6-18)16-24(17-22)20-7-8-20/h2-6,19-20H,7-17H2,1H3/t19-/m0/s1. The van der Waals surface area contributed by atoms with E-state index in [0.717, 1.165) is 32.0 Å². The lowest BCUT2D eigenvalue weighted by atomic mass is 9.68. The number of piperidine rings is 2. The summed E-state index contributed by atoms with van der Waals surface area (Å²) in [7, 11) is 1.66. The Labute approximate surface area is 157 Å². The summed E-state index contributed by atoms with van der Waals surface area (Å²) >= 11 is 0. The Kier molecular flexibility index (Phi) is 5.32. The Bertz CT molecular complexity index is 606. The Balaban J connectivity index is 1.44. The molecule has 2 aliphatic heterocycles. The fourth-order valence-electron chi connectivity index (χ4n) is 5.04. The summed E-state index contributed by atoms with van der Waals surface area (Å²) in [6.07, 6.45) is 6.85. The monoisotopic (exact) mass is 356 g/mol. The molecule has 4 heteroatoms. The van der Waals surface area contributed by atoms with Crippen LogP contribution in [0.3, 0.4) is 0 Å². The van der Waals surface area contributed by atoms with Crippen molar-refractivity contribution < 1.29 is 9.53 Å². The van der Waals surface area contributed by atoms with E-state index in [4.69, 9.17) is 4.74 Å². The van der Waals surface area contributed by atoms with E-state index in [2.05, 4.69) is 40.1 Å². The molecule has 1 saturated carbocycles. The van der Waals surface area contributed by atoms with Crippen LogP contribution in [0.25, 0.3) is 0 Å². The van der Waals surface area contributed by atoms with Gasteiger partial charge in [0.15, 0.2) is 0 Å². The first kappa shape index (κ1) is 18.0. The summed E-state index contributed by atoms with van der Waals surface area (Å²) in [5, 5.41) is 0. The molecule has 4 nitrogen and oxygen atoms in total. The molecule has 0 radical (unpaired) electrons. The number of carbonyl (C=O) groups is 1. The van der Waals surface area contributed by atoms with Gasteiger partial charge in [-0.25, -0.2) is 0 Å². The molecule has 3 fully saturated rings. The lowest BCUT2D eigenvalue weighted by molar-refractivity contribution is -0.135. The minimum Gasteiger partial charge on any atom is -0.384 e. The van der Waals surface area contributed by atoms with E-state index in [1.807, 2.05) is 0 Å². The number of hydrogen-bond donors (Lipinski definition) is 0. The van der Waals surface area contributed by atoms with Crippen molar-refractivity contribution >= 4 is 5.91 Å². The summed E-state index contributed by atoms with van der Waals surface area (Å²) in [5.41, 5.74) is 1.88. The maximum Gasteiger partial charge on any atom is 0.224 e. The van der Waals surface area contributed by atoms with Crippen molar-refractivity contribution in [3.63, 3.8) is 0 Å². The molecular formula is C22H32N2O2. The quantitative estimate of drug-likeness (QED) is 0.812. The molecule has 1 amide bonds. The van der Waals surface area contributed by atoms with Crippen LogP contribution in [0.1, 0.15) is 50.0 Å². The summed E-state index contributed by atoms with van der Waals surface area (Å²) in [5.74, 6) is 0.900. The van der Waals surface area contributed by atoms with Crippen LogP contribution < -0.4 is 0 Å². The molecule has 1 spiro atoms. The predicted octanol–water partition coefficient (Wildman–Crippen LogP) is 3.28. The van der Waals surface area contributed by atoms with E-state index in [-0.39, 0.29) is 5.91 Å². The molecule has 1 aliphatic carbocycles. The molecule has 142 valence electrons. The van der Waals surface area contributed by atoms with Gasteiger partial charge in [0.2, 0.25) is 5.91 Å². The van der Waals surface area contributed by atoms with Gasteiger partial charge in [0.25, 0.3) is 0 Å². The number of likely N-dealkylation sites (tertiary alicyclic amines) is 2. The Morgan fingerprint density at radius 3 is 2.58 bits per heavy atom. The van der Waals surface area contributed by atoms with E-state index < -0.39 is 0 Å². The highest BCUT2D eigenvalue weighted by Gasteiger charge is 2.45. The number of carbonyl (C=O) groups excluding carboxylic acids is 1. The zero-order valence-electron chi connectivity index (χ0n) is 16.0. The second-order valence-electron chi connectivity index (χ2n) is 8.60. The Hall–Kier alpha value is -1.39. The first-order chi connectivity index (χ1) is 12.7. The van der Waals surface area contributed by atoms with Crippen LogP contribution in [0.2, 0.25) is 0 Å². The van der Waals surface area contributed by atoms with Gasteiger partial charge in [-0.2, -0.15) is 0 Å². The molecule has 1 aromatic rings. The Morgan fingerprint density at radius 1 is 1.19 bits per heavy atom. The Morgan fingerprint density at radius 2 is 1.92 bits per heavy atom. The number of benzene rings is 1. The van der Waals surface area contributed by atoms with Crippen molar-refractivity contribution in [2.24, 2.45) is 5.41 Å². The molecule has 0 bridgehead atoms. The molecule has 0 unspecified atom stereocenters. The van der Waals surface area contributed by atoms with Crippen molar-refractivity contribution in [2.75, 3.05) is 39.9 Å². The van der Waals surface area contributed by atoms with Crippen LogP contribution in [0.5, 0.6) is 0 Å². The van der Waals surface area contributed by atoms with Crippen molar-refractivity contribution in [3.8, 4) is 0 Å². The van der Waals surface area contributed by atoms with Crippen molar-refractivity contribution in [3.05, 3.63) is 35.9 Å². The minimum atomic E-state index is 0.260. The highest BCUT2D eigenvalue weighted by Crippen LogP contribution is 2.47. The topological polar surface area (TPSA) is 32.8 Å². The third-order valence-electron chi connectivity index (χ3n) is 6.70. The van der Waals surface area contributed by atoms with Crippen LogP contribution >= 0.6 is 0 Å². The number of ether oxygens (including phenoxy) is 1. The number of hydrogen-bond acceptors (Lipinski definition) is 3. The molecule has 4 rings (SSSR count). The molecule has 26 heavy (non-hydrogen) atoms. The van der Waals surface area contributed by atoms with E-state index in [9.17, 15) is 4.79 Å². The second-order valence-corrected chi connectivity index (χ2v) is 8.60. The summed E-state index contributed by atoms with van der Waals surface area (Å²) in [4.78, 5) is 17.2. The van der Waals surface area contributed by atoms with E-state index in [1.165, 1.54) is 37.9 Å². The average molecular weight is 357 g/mol. The van der Waals surface area contributed by atoms with Gasteiger partial charge >= 0.3 is 0 Å². The van der Waals surface area contributed by atoms with Gasteiger partial charge in [0.05, 0.1) is 13.0 Å². The van der Waals surface area contributed by atoms with Gasteiger partial charge in [0.1, 0.15) is 0 Å². The third kappa shape index (κ3) is 3.96. The molecule has 2 saturated heterocycles. The zero-order chi connectivity index (χ0) is 18.0. The average Bonchev–Trinajstić information content (AvgIpc) is 3.52. The molecule has 1 aromatic carbocycles. The number of methoxy groups -OCH3 is 1.